The first-order chi connectivity index (χ1) is 5.72. The van der Waals surface area contributed by atoms with Crippen molar-refractivity contribution in [2.75, 3.05) is 0 Å². The molecule has 0 aromatic carbocycles. The van der Waals surface area contributed by atoms with Crippen molar-refractivity contribution < 1.29 is 4.79 Å². The van der Waals surface area contributed by atoms with Crippen molar-refractivity contribution in [2.24, 2.45) is 0 Å². The van der Waals surface area contributed by atoms with Crippen LogP contribution >= 0.6 is 34.5 Å². The first kappa shape index (κ1) is 9.78. The van der Waals surface area contributed by atoms with Crippen LogP contribution in [0.4, 0.5) is 0 Å². The minimum atomic E-state index is 0.231. The number of hydrogen-bond donors (Lipinski definition) is 0. The minimum Gasteiger partial charge on any atom is -0.303 e. The van der Waals surface area contributed by atoms with E-state index in [1.807, 2.05) is 12.1 Å². The molecule has 0 spiro atoms. The normalized spacial score (nSPS) is 9.50. The van der Waals surface area contributed by atoms with E-state index >= 15 is 0 Å². The molecule has 0 unspecified atom stereocenters. The summed E-state index contributed by atoms with van der Waals surface area (Å²) in [7, 11) is 0. The lowest BCUT2D eigenvalue weighted by Gasteiger charge is -1.83. The van der Waals surface area contributed by atoms with Gasteiger partial charge in [-0.25, -0.2) is 0 Å². The van der Waals surface area contributed by atoms with Crippen LogP contribution in [-0.2, 0) is 11.2 Å². The molecule has 0 saturated carbocycles. The van der Waals surface area contributed by atoms with E-state index < -0.39 is 0 Å². The Balaban J connectivity index is 2.77. The predicted octanol–water partition coefficient (Wildman–Crippen LogP) is 3.27. The summed E-state index contributed by atoms with van der Waals surface area (Å²) >= 11 is 12.4. The number of thiophene rings is 1. The second-order valence-corrected chi connectivity index (χ2v) is 4.32. The topological polar surface area (TPSA) is 17.1 Å². The molecule has 0 aliphatic heterocycles. The first-order valence-electron chi connectivity index (χ1n) is 3.27. The molecule has 0 saturated heterocycles. The predicted molar refractivity (Wildman–Crippen MR) is 53.8 cm³/mol. The third-order valence-corrected chi connectivity index (χ3v) is 2.49. The SMILES string of the molecule is O=CCc1ccc(C=C(Cl)Cl)s1. The second kappa shape index (κ2) is 4.65. The average molecular weight is 221 g/mol. The van der Waals surface area contributed by atoms with Crippen molar-refractivity contribution in [3.05, 3.63) is 26.4 Å². The smallest absolute Gasteiger partial charge is 0.125 e. The van der Waals surface area contributed by atoms with E-state index in [0.717, 1.165) is 16.0 Å². The Morgan fingerprint density at radius 2 is 2.25 bits per heavy atom. The fraction of sp³-hybridized carbons (Fsp3) is 0.125. The van der Waals surface area contributed by atoms with Gasteiger partial charge >= 0.3 is 0 Å². The fourth-order valence-corrected chi connectivity index (χ4v) is 2.04. The highest BCUT2D eigenvalue weighted by atomic mass is 35.5. The molecule has 0 atom stereocenters. The van der Waals surface area contributed by atoms with Gasteiger partial charge in [-0.15, -0.1) is 11.3 Å². The first-order valence-corrected chi connectivity index (χ1v) is 4.84. The number of rotatable bonds is 3. The van der Waals surface area contributed by atoms with Gasteiger partial charge in [0, 0.05) is 16.2 Å². The lowest BCUT2D eigenvalue weighted by Crippen LogP contribution is -1.76. The number of carbonyl (C=O) groups is 1. The van der Waals surface area contributed by atoms with Gasteiger partial charge in [0.05, 0.1) is 0 Å². The van der Waals surface area contributed by atoms with Gasteiger partial charge in [-0.3, -0.25) is 0 Å². The van der Waals surface area contributed by atoms with Crippen LogP contribution in [0.1, 0.15) is 9.75 Å². The Morgan fingerprint density at radius 3 is 2.83 bits per heavy atom. The molecule has 0 N–H and O–H groups in total. The van der Waals surface area contributed by atoms with Crippen LogP contribution < -0.4 is 0 Å². The van der Waals surface area contributed by atoms with Crippen molar-refractivity contribution in [3.8, 4) is 0 Å². The quantitative estimate of drug-likeness (QED) is 0.716. The van der Waals surface area contributed by atoms with Gasteiger partial charge in [0.15, 0.2) is 0 Å². The summed E-state index contributed by atoms with van der Waals surface area (Å²) in [5.74, 6) is 0. The monoisotopic (exact) mass is 220 g/mol. The van der Waals surface area contributed by atoms with E-state index in [1.54, 1.807) is 6.08 Å². The number of hydrogen-bond acceptors (Lipinski definition) is 2. The van der Waals surface area contributed by atoms with E-state index in [9.17, 15) is 4.79 Å². The van der Waals surface area contributed by atoms with E-state index in [1.165, 1.54) is 11.3 Å². The molecule has 0 radical (unpaired) electrons. The van der Waals surface area contributed by atoms with Crippen LogP contribution in [0.25, 0.3) is 6.08 Å². The van der Waals surface area contributed by atoms with Crippen LogP contribution in [0.3, 0.4) is 0 Å². The van der Waals surface area contributed by atoms with Gasteiger partial charge in [-0.2, -0.15) is 0 Å². The van der Waals surface area contributed by atoms with Crippen LogP contribution in [0.15, 0.2) is 16.6 Å². The van der Waals surface area contributed by atoms with E-state index in [4.69, 9.17) is 23.2 Å². The molecule has 4 heteroatoms. The summed E-state index contributed by atoms with van der Waals surface area (Å²) in [6.07, 6.45) is 2.99. The zero-order chi connectivity index (χ0) is 8.97. The van der Waals surface area contributed by atoms with Crippen LogP contribution in [0.5, 0.6) is 0 Å². The lowest BCUT2D eigenvalue weighted by atomic mass is 10.3. The Kier molecular flexibility index (Phi) is 3.79. The van der Waals surface area contributed by atoms with Crippen molar-refractivity contribution in [1.82, 2.24) is 0 Å². The fourth-order valence-electron chi connectivity index (χ4n) is 0.771. The molecule has 0 aliphatic rings. The molecular weight excluding hydrogens is 215 g/mol. The average Bonchev–Trinajstić information content (AvgIpc) is 2.36. The maximum atomic E-state index is 10.1. The summed E-state index contributed by atoms with van der Waals surface area (Å²) in [4.78, 5) is 12.1. The molecule has 1 rings (SSSR count). The molecule has 12 heavy (non-hydrogen) atoms. The molecule has 1 heterocycles. The Bertz CT molecular complexity index is 300. The zero-order valence-electron chi connectivity index (χ0n) is 6.09. The Labute approximate surface area is 84.6 Å². The van der Waals surface area contributed by atoms with Gasteiger partial charge in [-0.1, -0.05) is 23.2 Å². The lowest BCUT2D eigenvalue weighted by molar-refractivity contribution is -0.107. The third-order valence-electron chi connectivity index (χ3n) is 1.22. The Hall–Kier alpha value is -0.310. The highest BCUT2D eigenvalue weighted by Gasteiger charge is 1.97. The molecule has 0 fully saturated rings. The van der Waals surface area contributed by atoms with Gasteiger partial charge < -0.3 is 4.79 Å². The zero-order valence-corrected chi connectivity index (χ0v) is 8.42. The van der Waals surface area contributed by atoms with Crippen molar-refractivity contribution in [1.29, 1.82) is 0 Å². The minimum absolute atomic E-state index is 0.231. The molecular formula is C8H6Cl2OS. The van der Waals surface area contributed by atoms with Gasteiger partial charge in [0.1, 0.15) is 10.8 Å². The number of halogens is 2. The second-order valence-electron chi connectivity index (χ2n) is 2.11. The number of carbonyl (C=O) groups excluding carboxylic acids is 1. The molecule has 64 valence electrons. The maximum absolute atomic E-state index is 10.1. The van der Waals surface area contributed by atoms with Crippen LogP contribution in [-0.4, -0.2) is 6.29 Å². The van der Waals surface area contributed by atoms with E-state index in [0.29, 0.717) is 6.42 Å². The number of aldehydes is 1. The van der Waals surface area contributed by atoms with Crippen molar-refractivity contribution in [3.63, 3.8) is 0 Å². The summed E-state index contributed by atoms with van der Waals surface area (Å²) in [6.45, 7) is 0. The van der Waals surface area contributed by atoms with E-state index in [2.05, 4.69) is 0 Å². The highest BCUT2D eigenvalue weighted by Crippen LogP contribution is 2.21. The van der Waals surface area contributed by atoms with Gasteiger partial charge in [0.2, 0.25) is 0 Å². The molecule has 0 amide bonds. The molecule has 0 aliphatic carbocycles. The standard InChI is InChI=1S/C8H6Cl2OS/c9-8(10)5-7-2-1-6(12-7)3-4-11/h1-2,4-5H,3H2. The highest BCUT2D eigenvalue weighted by molar-refractivity contribution is 7.13. The summed E-state index contributed by atoms with van der Waals surface area (Å²) in [5.41, 5.74) is 0. The summed E-state index contributed by atoms with van der Waals surface area (Å²) < 4.78 is 0.231. The van der Waals surface area contributed by atoms with Crippen LogP contribution in [0, 0.1) is 0 Å². The molecule has 1 aromatic rings. The summed E-state index contributed by atoms with van der Waals surface area (Å²) in [6, 6.07) is 3.77. The van der Waals surface area contributed by atoms with Gasteiger partial charge in [0.25, 0.3) is 0 Å². The molecule has 1 aromatic heterocycles. The Morgan fingerprint density at radius 1 is 1.50 bits per heavy atom. The van der Waals surface area contributed by atoms with E-state index in [-0.39, 0.29) is 4.49 Å². The van der Waals surface area contributed by atoms with Crippen LogP contribution in [0.2, 0.25) is 0 Å². The third kappa shape index (κ3) is 2.97. The summed E-state index contributed by atoms with van der Waals surface area (Å²) in [5, 5.41) is 0. The van der Waals surface area contributed by atoms with Crippen molar-refractivity contribution in [2.45, 2.75) is 6.42 Å². The maximum Gasteiger partial charge on any atom is 0.125 e. The molecule has 1 nitrogen and oxygen atoms in total. The molecule has 0 bridgehead atoms. The largest absolute Gasteiger partial charge is 0.303 e. The van der Waals surface area contributed by atoms with Crippen molar-refractivity contribution >= 4 is 46.9 Å². The van der Waals surface area contributed by atoms with Gasteiger partial charge in [-0.05, 0) is 18.2 Å².